The number of alkyl halides is 3. The van der Waals surface area contributed by atoms with Crippen LogP contribution in [0.5, 0.6) is 0 Å². The smallest absolute Gasteiger partial charge is 0.388 e. The quantitative estimate of drug-likeness (QED) is 0.472. The Morgan fingerprint density at radius 2 is 1.66 bits per heavy atom. The van der Waals surface area contributed by atoms with Gasteiger partial charge in [0.2, 0.25) is 0 Å². The number of hydrogen-bond acceptors (Lipinski definition) is 3. The molecule has 0 saturated heterocycles. The molecule has 0 amide bonds. The number of nitrogens with zero attached hydrogens (tertiary/aromatic N) is 1. The summed E-state index contributed by atoms with van der Waals surface area (Å²) in [5, 5.41) is 9.01. The molecule has 4 nitrogen and oxygen atoms in total. The van der Waals surface area contributed by atoms with Gasteiger partial charge in [0.1, 0.15) is 12.4 Å². The highest BCUT2D eigenvalue weighted by atomic mass is 19.4. The third kappa shape index (κ3) is 3.77. The minimum Gasteiger partial charge on any atom is -0.388 e. The van der Waals surface area contributed by atoms with Crippen molar-refractivity contribution in [1.29, 1.82) is 0 Å². The van der Waals surface area contributed by atoms with E-state index in [1.807, 2.05) is 18.2 Å². The summed E-state index contributed by atoms with van der Waals surface area (Å²) in [7, 11) is 0. The fourth-order valence-corrected chi connectivity index (χ4v) is 3.11. The molecule has 0 fully saturated rings. The summed E-state index contributed by atoms with van der Waals surface area (Å²) < 4.78 is 38.3. The van der Waals surface area contributed by atoms with Gasteiger partial charge in [-0.05, 0) is 47.5 Å². The number of aliphatic hydroxyl groups excluding tert-OH is 1. The van der Waals surface area contributed by atoms with Gasteiger partial charge in [0.25, 0.3) is 0 Å². The van der Waals surface area contributed by atoms with Crippen molar-refractivity contribution >= 4 is 16.8 Å². The van der Waals surface area contributed by atoms with Crippen LogP contribution in [-0.4, -0.2) is 27.5 Å². The Morgan fingerprint density at radius 1 is 0.931 bits per heavy atom. The summed E-state index contributed by atoms with van der Waals surface area (Å²) >= 11 is 0. The number of ketones is 1. The number of aliphatic hydroxyl groups is 1. The first-order valence-corrected chi connectivity index (χ1v) is 8.77. The van der Waals surface area contributed by atoms with Crippen molar-refractivity contribution in [2.24, 2.45) is 0 Å². The summed E-state index contributed by atoms with van der Waals surface area (Å²) in [6, 6.07) is 17.2. The van der Waals surface area contributed by atoms with E-state index >= 15 is 0 Å². The lowest BCUT2D eigenvalue weighted by Gasteiger charge is -2.08. The molecule has 2 N–H and O–H groups in total. The van der Waals surface area contributed by atoms with Gasteiger partial charge in [0, 0.05) is 11.1 Å². The van der Waals surface area contributed by atoms with Crippen molar-refractivity contribution in [3.63, 3.8) is 0 Å². The van der Waals surface area contributed by atoms with Crippen LogP contribution in [0.2, 0.25) is 0 Å². The van der Waals surface area contributed by atoms with E-state index in [0.717, 1.165) is 23.3 Å². The van der Waals surface area contributed by atoms with E-state index < -0.39 is 18.3 Å². The van der Waals surface area contributed by atoms with E-state index in [9.17, 15) is 18.0 Å². The SMILES string of the molecule is O=C(CO)c1ccc2nc(-c3cccc(-c4ccc(C(F)(F)F)cc4)c3)[nH]c2c1. The van der Waals surface area contributed by atoms with Crippen molar-refractivity contribution in [2.45, 2.75) is 6.18 Å². The van der Waals surface area contributed by atoms with Crippen LogP contribution in [0, 0.1) is 0 Å². The molecule has 1 heterocycles. The van der Waals surface area contributed by atoms with Crippen LogP contribution < -0.4 is 0 Å². The highest BCUT2D eigenvalue weighted by molar-refractivity contribution is 5.99. The lowest BCUT2D eigenvalue weighted by Crippen LogP contribution is -2.03. The zero-order valence-corrected chi connectivity index (χ0v) is 15.0. The largest absolute Gasteiger partial charge is 0.416 e. The van der Waals surface area contributed by atoms with Crippen LogP contribution in [0.1, 0.15) is 15.9 Å². The fourth-order valence-electron chi connectivity index (χ4n) is 3.11. The average molecular weight is 396 g/mol. The molecular formula is C22H15F3N2O2. The number of fused-ring (bicyclic) bond motifs is 1. The molecule has 0 spiro atoms. The number of Topliss-reactive ketones (excluding diaryl/α,β-unsaturated/α-hetero) is 1. The number of hydrogen-bond donors (Lipinski definition) is 2. The van der Waals surface area contributed by atoms with Gasteiger partial charge in [-0.25, -0.2) is 4.98 Å². The number of aromatic nitrogens is 2. The maximum Gasteiger partial charge on any atom is 0.416 e. The zero-order chi connectivity index (χ0) is 20.6. The predicted molar refractivity (Wildman–Crippen MR) is 103 cm³/mol. The Hall–Kier alpha value is -3.45. The van der Waals surface area contributed by atoms with Crippen molar-refractivity contribution in [3.8, 4) is 22.5 Å². The van der Waals surface area contributed by atoms with Gasteiger partial charge >= 0.3 is 6.18 Å². The Morgan fingerprint density at radius 3 is 2.34 bits per heavy atom. The number of benzene rings is 3. The van der Waals surface area contributed by atoms with Crippen molar-refractivity contribution in [3.05, 3.63) is 77.9 Å². The maximum absolute atomic E-state index is 12.8. The molecule has 0 aliphatic carbocycles. The van der Waals surface area contributed by atoms with Crippen molar-refractivity contribution < 1.29 is 23.1 Å². The molecule has 146 valence electrons. The summed E-state index contributed by atoms with van der Waals surface area (Å²) in [5.41, 5.74) is 3.18. The number of carbonyl (C=O) groups excluding carboxylic acids is 1. The van der Waals surface area contributed by atoms with Gasteiger partial charge in [-0.1, -0.05) is 30.3 Å². The molecule has 3 aromatic carbocycles. The van der Waals surface area contributed by atoms with Gasteiger partial charge in [-0.15, -0.1) is 0 Å². The number of nitrogens with one attached hydrogen (secondary N) is 1. The second-order valence-corrected chi connectivity index (χ2v) is 6.55. The number of halogens is 3. The fraction of sp³-hybridized carbons (Fsp3) is 0.0909. The minimum absolute atomic E-state index is 0.382. The van der Waals surface area contributed by atoms with Crippen LogP contribution in [0.3, 0.4) is 0 Å². The zero-order valence-electron chi connectivity index (χ0n) is 15.0. The highest BCUT2D eigenvalue weighted by Crippen LogP contribution is 2.32. The van der Waals surface area contributed by atoms with Crippen LogP contribution in [0.25, 0.3) is 33.5 Å². The Bertz CT molecular complexity index is 1190. The van der Waals surface area contributed by atoms with E-state index in [-0.39, 0.29) is 5.78 Å². The highest BCUT2D eigenvalue weighted by Gasteiger charge is 2.29. The molecule has 4 rings (SSSR count). The van der Waals surface area contributed by atoms with Crippen molar-refractivity contribution in [1.82, 2.24) is 9.97 Å². The number of aromatic amines is 1. The molecule has 0 aliphatic heterocycles. The maximum atomic E-state index is 12.8. The Balaban J connectivity index is 1.69. The van der Waals surface area contributed by atoms with E-state index in [2.05, 4.69) is 9.97 Å². The molecule has 0 atom stereocenters. The predicted octanol–water partition coefficient (Wildman–Crippen LogP) is 5.09. The molecule has 0 radical (unpaired) electrons. The lowest BCUT2D eigenvalue weighted by molar-refractivity contribution is -0.137. The minimum atomic E-state index is -4.37. The van der Waals surface area contributed by atoms with Crippen LogP contribution in [-0.2, 0) is 6.18 Å². The van der Waals surface area contributed by atoms with E-state index in [1.165, 1.54) is 12.1 Å². The van der Waals surface area contributed by atoms with Gasteiger partial charge in [-0.2, -0.15) is 13.2 Å². The topological polar surface area (TPSA) is 66.0 Å². The van der Waals surface area contributed by atoms with Crippen LogP contribution in [0.15, 0.2) is 66.7 Å². The summed E-state index contributed by atoms with van der Waals surface area (Å²) in [4.78, 5) is 19.3. The third-order valence-corrected chi connectivity index (χ3v) is 4.63. The monoisotopic (exact) mass is 396 g/mol. The van der Waals surface area contributed by atoms with Crippen LogP contribution in [0.4, 0.5) is 13.2 Å². The Kier molecular flexibility index (Phi) is 4.68. The Labute approximate surface area is 163 Å². The molecule has 0 saturated carbocycles. The third-order valence-electron chi connectivity index (χ3n) is 4.63. The summed E-state index contributed by atoms with van der Waals surface area (Å²) in [5.74, 6) is 0.190. The van der Waals surface area contributed by atoms with Gasteiger partial charge in [-0.3, -0.25) is 4.79 Å². The molecule has 29 heavy (non-hydrogen) atoms. The second-order valence-electron chi connectivity index (χ2n) is 6.55. The molecular weight excluding hydrogens is 381 g/mol. The first kappa shape index (κ1) is 18.9. The number of imidazole rings is 1. The van der Waals surface area contributed by atoms with Crippen LogP contribution >= 0.6 is 0 Å². The number of H-pyrrole nitrogens is 1. The molecule has 7 heteroatoms. The van der Waals surface area contributed by atoms with Gasteiger partial charge in [0.05, 0.1) is 16.6 Å². The molecule has 0 bridgehead atoms. The first-order chi connectivity index (χ1) is 13.8. The van der Waals surface area contributed by atoms with Gasteiger partial charge < -0.3 is 10.1 Å². The molecule has 1 aromatic heterocycles. The van der Waals surface area contributed by atoms with Gasteiger partial charge in [0.15, 0.2) is 5.78 Å². The number of rotatable bonds is 4. The van der Waals surface area contributed by atoms with E-state index in [4.69, 9.17) is 5.11 Å². The lowest BCUT2D eigenvalue weighted by atomic mass is 10.0. The second kappa shape index (κ2) is 7.18. The molecule has 0 unspecified atom stereocenters. The summed E-state index contributed by atoms with van der Waals surface area (Å²) in [6.45, 7) is -0.568. The standard InChI is InChI=1S/C22H15F3N2O2/c23-22(24,25)17-7-4-13(5-8-17)14-2-1-3-16(10-14)21-26-18-9-6-15(20(29)12-28)11-19(18)27-21/h1-11,28H,12H2,(H,26,27). The van der Waals surface area contributed by atoms with E-state index in [1.54, 1.807) is 24.3 Å². The summed E-state index contributed by atoms with van der Waals surface area (Å²) in [6.07, 6.45) is -4.37. The average Bonchev–Trinajstić information content (AvgIpc) is 3.16. The molecule has 4 aromatic rings. The number of carbonyl (C=O) groups is 1. The molecule has 0 aliphatic rings. The first-order valence-electron chi connectivity index (χ1n) is 8.77. The normalized spacial score (nSPS) is 11.7. The van der Waals surface area contributed by atoms with E-state index in [0.29, 0.717) is 28.0 Å². The van der Waals surface area contributed by atoms with Crippen molar-refractivity contribution in [2.75, 3.05) is 6.61 Å².